The molecule has 36 heavy (non-hydrogen) atoms. The van der Waals surface area contributed by atoms with Crippen LogP contribution in [0, 0.1) is 0 Å². The van der Waals surface area contributed by atoms with Gasteiger partial charge in [0.25, 0.3) is 0 Å². The number of para-hydroxylation sites is 1. The van der Waals surface area contributed by atoms with Crippen molar-refractivity contribution in [1.29, 1.82) is 0 Å². The van der Waals surface area contributed by atoms with E-state index in [9.17, 15) is 13.2 Å². The molecule has 1 amide bonds. The van der Waals surface area contributed by atoms with Crippen molar-refractivity contribution >= 4 is 38.9 Å². The second kappa shape index (κ2) is 9.86. The Balaban J connectivity index is 1.49. The van der Waals surface area contributed by atoms with Gasteiger partial charge < -0.3 is 15.0 Å². The lowest BCUT2D eigenvalue weighted by Crippen LogP contribution is -2.45. The van der Waals surface area contributed by atoms with Crippen molar-refractivity contribution in [1.82, 2.24) is 4.31 Å². The molecule has 0 saturated heterocycles. The average Bonchev–Trinajstić information content (AvgIpc) is 3.49. The molecule has 0 fully saturated rings. The van der Waals surface area contributed by atoms with Crippen molar-refractivity contribution in [3.63, 3.8) is 0 Å². The van der Waals surface area contributed by atoms with Crippen LogP contribution >= 0.6 is 11.6 Å². The van der Waals surface area contributed by atoms with Gasteiger partial charge in [-0.25, -0.2) is 12.7 Å². The van der Waals surface area contributed by atoms with Gasteiger partial charge in [0.2, 0.25) is 15.9 Å². The van der Waals surface area contributed by atoms with Crippen LogP contribution in [0.2, 0.25) is 0 Å². The van der Waals surface area contributed by atoms with E-state index in [0.717, 1.165) is 23.2 Å². The first kappa shape index (κ1) is 24.8. The molecule has 0 saturated carbocycles. The molecule has 0 radical (unpaired) electrons. The monoisotopic (exact) mass is 525 g/mol. The van der Waals surface area contributed by atoms with Crippen LogP contribution in [0.5, 0.6) is 0 Å². The quantitative estimate of drug-likeness (QED) is 0.468. The zero-order chi connectivity index (χ0) is 25.4. The first-order valence-electron chi connectivity index (χ1n) is 11.8. The summed E-state index contributed by atoms with van der Waals surface area (Å²) in [5.74, 6) is -0.713. The third-order valence-electron chi connectivity index (χ3n) is 6.78. The van der Waals surface area contributed by atoms with Crippen LogP contribution < -0.4 is 10.2 Å². The number of ether oxygens (including phenoxy) is 1. The van der Waals surface area contributed by atoms with E-state index in [1.54, 1.807) is 23.1 Å². The lowest BCUT2D eigenvalue weighted by Gasteiger charge is -2.28. The number of amides is 1. The highest BCUT2D eigenvalue weighted by Crippen LogP contribution is 2.43. The summed E-state index contributed by atoms with van der Waals surface area (Å²) >= 11 is 6.85. The lowest BCUT2D eigenvalue weighted by atomic mass is 9.94. The van der Waals surface area contributed by atoms with E-state index >= 15 is 0 Å². The van der Waals surface area contributed by atoms with Crippen LogP contribution in [0.25, 0.3) is 0 Å². The summed E-state index contributed by atoms with van der Waals surface area (Å²) in [6.07, 6.45) is 0.784. The Bertz CT molecular complexity index is 1380. The number of anilines is 2. The van der Waals surface area contributed by atoms with E-state index in [1.165, 1.54) is 18.4 Å². The number of nitrogens with one attached hydrogen (secondary N) is 1. The van der Waals surface area contributed by atoms with Gasteiger partial charge in [0.05, 0.1) is 17.4 Å². The highest BCUT2D eigenvalue weighted by atomic mass is 35.5. The van der Waals surface area contributed by atoms with Gasteiger partial charge in [-0.3, -0.25) is 4.79 Å². The molecule has 0 spiro atoms. The van der Waals surface area contributed by atoms with Gasteiger partial charge in [0.15, 0.2) is 0 Å². The molecule has 3 atom stereocenters. The highest BCUT2D eigenvalue weighted by molar-refractivity contribution is 7.89. The van der Waals surface area contributed by atoms with Gasteiger partial charge in [-0.2, -0.15) is 0 Å². The molecule has 5 rings (SSSR count). The summed E-state index contributed by atoms with van der Waals surface area (Å²) in [5.41, 5.74) is 3.43. The van der Waals surface area contributed by atoms with E-state index in [4.69, 9.17) is 16.3 Å². The molecular weight excluding hydrogens is 498 g/mol. The standard InChI is InChI=1S/C27H28ClN3O4S/c1-30(2)36(33,34)20-12-13-22-21(16-20)24(26(28)35-17-18-8-4-3-5-9-18)25(29-22)27(32)31-15-14-19-10-6-7-11-23(19)31/h3-13,16,24-26,29H,14-15,17H2,1-2H3. The number of halogens is 1. The topological polar surface area (TPSA) is 79.0 Å². The van der Waals surface area contributed by atoms with Gasteiger partial charge in [-0.1, -0.05) is 60.1 Å². The molecule has 3 unspecified atom stereocenters. The van der Waals surface area contributed by atoms with Crippen LogP contribution in [0.15, 0.2) is 77.7 Å². The second-order valence-electron chi connectivity index (χ2n) is 9.20. The number of rotatable bonds is 7. The molecule has 0 bridgehead atoms. The van der Waals surface area contributed by atoms with Crippen molar-refractivity contribution < 1.29 is 17.9 Å². The van der Waals surface area contributed by atoms with E-state index < -0.39 is 27.5 Å². The second-order valence-corrected chi connectivity index (χ2v) is 11.8. The van der Waals surface area contributed by atoms with E-state index in [-0.39, 0.29) is 17.4 Å². The fourth-order valence-corrected chi connectivity index (χ4v) is 6.13. The molecule has 1 N–H and O–H groups in total. The number of carbonyl (C=O) groups is 1. The normalized spacial score (nSPS) is 19.6. The number of carbonyl (C=O) groups excluding carboxylic acids is 1. The molecule has 0 aromatic heterocycles. The minimum atomic E-state index is -3.67. The molecule has 2 aliphatic rings. The Morgan fingerprint density at radius 2 is 1.83 bits per heavy atom. The van der Waals surface area contributed by atoms with Gasteiger partial charge in [0.1, 0.15) is 11.6 Å². The minimum Gasteiger partial charge on any atom is -0.373 e. The van der Waals surface area contributed by atoms with Crippen molar-refractivity contribution in [3.05, 3.63) is 89.5 Å². The Kier molecular flexibility index (Phi) is 6.78. The Hall–Kier alpha value is -2.91. The van der Waals surface area contributed by atoms with Crippen LogP contribution in [0.4, 0.5) is 11.4 Å². The smallest absolute Gasteiger partial charge is 0.250 e. The fraction of sp³-hybridized carbons (Fsp3) is 0.296. The third kappa shape index (κ3) is 4.50. The van der Waals surface area contributed by atoms with Crippen molar-refractivity contribution in [2.75, 3.05) is 30.9 Å². The molecule has 3 aromatic carbocycles. The summed E-state index contributed by atoms with van der Waals surface area (Å²) in [6.45, 7) is 0.849. The van der Waals surface area contributed by atoms with Crippen molar-refractivity contribution in [2.45, 2.75) is 35.4 Å². The van der Waals surface area contributed by atoms with Gasteiger partial charge in [-0.05, 0) is 47.4 Å². The number of benzene rings is 3. The first-order valence-corrected chi connectivity index (χ1v) is 13.7. The average molecular weight is 526 g/mol. The number of fused-ring (bicyclic) bond motifs is 2. The SMILES string of the molecule is CN(C)S(=O)(=O)c1ccc2c(c1)C(C(Cl)OCc1ccccc1)C(C(=O)N1CCc3ccccc31)N2. The predicted octanol–water partition coefficient (Wildman–Crippen LogP) is 4.19. The molecule has 2 aliphatic heterocycles. The molecule has 3 aromatic rings. The number of nitrogens with zero attached hydrogens (tertiary/aromatic N) is 2. The van der Waals surface area contributed by atoms with Gasteiger partial charge in [0, 0.05) is 32.0 Å². The molecule has 7 nitrogen and oxygen atoms in total. The lowest BCUT2D eigenvalue weighted by molar-refractivity contribution is -0.120. The Morgan fingerprint density at radius 1 is 1.11 bits per heavy atom. The van der Waals surface area contributed by atoms with Crippen LogP contribution in [0.1, 0.15) is 22.6 Å². The zero-order valence-electron chi connectivity index (χ0n) is 20.1. The summed E-state index contributed by atoms with van der Waals surface area (Å²) in [4.78, 5) is 15.8. The minimum absolute atomic E-state index is 0.118. The van der Waals surface area contributed by atoms with Crippen molar-refractivity contribution in [3.8, 4) is 0 Å². The Labute approximate surface area is 216 Å². The molecule has 188 valence electrons. The highest BCUT2D eigenvalue weighted by Gasteiger charge is 2.45. The van der Waals surface area contributed by atoms with E-state index in [0.29, 0.717) is 17.8 Å². The molecule has 0 aliphatic carbocycles. The maximum Gasteiger partial charge on any atom is 0.250 e. The molecular formula is C27H28ClN3O4S. The number of sulfonamides is 1. The molecule has 9 heteroatoms. The zero-order valence-corrected chi connectivity index (χ0v) is 21.7. The summed E-state index contributed by atoms with van der Waals surface area (Å²) in [5, 5.41) is 3.31. The Morgan fingerprint density at radius 3 is 2.58 bits per heavy atom. The maximum absolute atomic E-state index is 13.9. The molecule has 2 heterocycles. The van der Waals surface area contributed by atoms with Gasteiger partial charge in [-0.15, -0.1) is 0 Å². The van der Waals surface area contributed by atoms with Gasteiger partial charge >= 0.3 is 0 Å². The summed E-state index contributed by atoms with van der Waals surface area (Å²) in [6, 6.07) is 21.7. The van der Waals surface area contributed by atoms with E-state index in [2.05, 4.69) is 5.32 Å². The number of alkyl halides is 1. The fourth-order valence-electron chi connectivity index (χ4n) is 4.85. The number of hydrogen-bond acceptors (Lipinski definition) is 5. The van der Waals surface area contributed by atoms with E-state index in [1.807, 2.05) is 54.6 Å². The summed E-state index contributed by atoms with van der Waals surface area (Å²) < 4.78 is 32.9. The number of hydrogen-bond donors (Lipinski definition) is 1. The largest absolute Gasteiger partial charge is 0.373 e. The first-order chi connectivity index (χ1) is 17.3. The van der Waals surface area contributed by atoms with Crippen LogP contribution in [-0.2, 0) is 32.6 Å². The third-order valence-corrected chi connectivity index (χ3v) is 8.99. The summed E-state index contributed by atoms with van der Waals surface area (Å²) in [7, 11) is -0.692. The van der Waals surface area contributed by atoms with Crippen molar-refractivity contribution in [2.24, 2.45) is 0 Å². The van der Waals surface area contributed by atoms with Crippen LogP contribution in [-0.4, -0.2) is 50.9 Å². The predicted molar refractivity (Wildman–Crippen MR) is 141 cm³/mol. The maximum atomic E-state index is 13.9. The van der Waals surface area contributed by atoms with Crippen LogP contribution in [0.3, 0.4) is 0 Å².